The Bertz CT molecular complexity index is 177. The summed E-state index contributed by atoms with van der Waals surface area (Å²) >= 11 is 0. The van der Waals surface area contributed by atoms with E-state index in [-0.39, 0.29) is 5.91 Å². The van der Waals surface area contributed by atoms with E-state index in [9.17, 15) is 4.79 Å². The van der Waals surface area contributed by atoms with Crippen LogP contribution >= 0.6 is 0 Å². The van der Waals surface area contributed by atoms with Gasteiger partial charge in [-0.1, -0.05) is 20.8 Å². The molecule has 1 rings (SSSR count). The SMILES string of the molecule is CC(C)[CH]C(=O)N1CCCC(C)C1. The number of carbonyl (C=O) groups excluding carboxylic acids is 1. The van der Waals surface area contributed by atoms with Crippen LogP contribution in [0.4, 0.5) is 0 Å². The van der Waals surface area contributed by atoms with E-state index in [2.05, 4.69) is 6.92 Å². The number of nitrogens with zero attached hydrogens (tertiary/aromatic N) is 1. The maximum absolute atomic E-state index is 11.6. The van der Waals surface area contributed by atoms with E-state index >= 15 is 0 Å². The van der Waals surface area contributed by atoms with Crippen LogP contribution in [0.25, 0.3) is 0 Å². The Balaban J connectivity index is 2.37. The predicted molar refractivity (Wildman–Crippen MR) is 54.1 cm³/mol. The van der Waals surface area contributed by atoms with Gasteiger partial charge in [-0.3, -0.25) is 4.79 Å². The average molecular weight is 182 g/mol. The van der Waals surface area contributed by atoms with Crippen LogP contribution in [0.2, 0.25) is 0 Å². The standard InChI is InChI=1S/C11H20NO/c1-9(2)7-11(13)12-6-4-5-10(3)8-12/h7,9-10H,4-6,8H2,1-3H3. The van der Waals surface area contributed by atoms with Crippen molar-refractivity contribution in [3.05, 3.63) is 6.42 Å². The van der Waals surface area contributed by atoms with Crippen LogP contribution in [0.1, 0.15) is 33.6 Å². The summed E-state index contributed by atoms with van der Waals surface area (Å²) in [5, 5.41) is 0. The number of piperidine rings is 1. The quantitative estimate of drug-likeness (QED) is 0.640. The third kappa shape index (κ3) is 3.37. The number of amides is 1. The Morgan fingerprint density at radius 3 is 2.77 bits per heavy atom. The molecule has 1 heterocycles. The van der Waals surface area contributed by atoms with Gasteiger partial charge in [0.25, 0.3) is 0 Å². The van der Waals surface area contributed by atoms with Gasteiger partial charge < -0.3 is 4.90 Å². The lowest BCUT2D eigenvalue weighted by Crippen LogP contribution is -2.39. The predicted octanol–water partition coefficient (Wildman–Crippen LogP) is 2.11. The molecule has 1 atom stereocenters. The van der Waals surface area contributed by atoms with E-state index in [1.165, 1.54) is 12.8 Å². The Morgan fingerprint density at radius 2 is 2.23 bits per heavy atom. The summed E-state index contributed by atoms with van der Waals surface area (Å²) in [6.45, 7) is 8.21. The average Bonchev–Trinajstić information content (AvgIpc) is 2.03. The molecule has 1 amide bonds. The molecule has 1 radical (unpaired) electrons. The summed E-state index contributed by atoms with van der Waals surface area (Å²) in [6.07, 6.45) is 4.25. The first-order valence-electron chi connectivity index (χ1n) is 5.23. The minimum absolute atomic E-state index is 0.224. The van der Waals surface area contributed by atoms with Gasteiger partial charge in [0, 0.05) is 13.1 Å². The zero-order valence-corrected chi connectivity index (χ0v) is 8.92. The van der Waals surface area contributed by atoms with Crippen LogP contribution in [-0.2, 0) is 4.79 Å². The first-order chi connectivity index (χ1) is 6.09. The highest BCUT2D eigenvalue weighted by atomic mass is 16.2. The maximum Gasteiger partial charge on any atom is 0.226 e. The lowest BCUT2D eigenvalue weighted by molar-refractivity contribution is -0.129. The van der Waals surface area contributed by atoms with Gasteiger partial charge in [0.2, 0.25) is 5.91 Å². The topological polar surface area (TPSA) is 20.3 Å². The lowest BCUT2D eigenvalue weighted by Gasteiger charge is -2.31. The molecule has 2 nitrogen and oxygen atoms in total. The fraction of sp³-hybridized carbons (Fsp3) is 0.818. The summed E-state index contributed by atoms with van der Waals surface area (Å²) in [4.78, 5) is 13.6. The third-order valence-electron chi connectivity index (χ3n) is 2.44. The lowest BCUT2D eigenvalue weighted by atomic mass is 9.99. The Morgan fingerprint density at radius 1 is 1.54 bits per heavy atom. The van der Waals surface area contributed by atoms with Gasteiger partial charge >= 0.3 is 0 Å². The van der Waals surface area contributed by atoms with E-state index < -0.39 is 0 Å². The third-order valence-corrected chi connectivity index (χ3v) is 2.44. The molecule has 0 aromatic heterocycles. The zero-order valence-electron chi connectivity index (χ0n) is 8.92. The van der Waals surface area contributed by atoms with Gasteiger partial charge in [-0.25, -0.2) is 0 Å². The highest BCUT2D eigenvalue weighted by Crippen LogP contribution is 2.16. The Labute approximate surface area is 81.3 Å². The molecule has 0 N–H and O–H groups in total. The summed E-state index contributed by atoms with van der Waals surface area (Å²) < 4.78 is 0. The van der Waals surface area contributed by atoms with E-state index in [1.807, 2.05) is 25.2 Å². The molecule has 0 aromatic carbocycles. The highest BCUT2D eigenvalue weighted by molar-refractivity contribution is 5.85. The summed E-state index contributed by atoms with van der Waals surface area (Å²) in [6, 6.07) is 0. The van der Waals surface area contributed by atoms with E-state index in [1.54, 1.807) is 0 Å². The molecule has 1 unspecified atom stereocenters. The molecular formula is C11H20NO. The second-order valence-electron chi connectivity index (χ2n) is 4.44. The van der Waals surface area contributed by atoms with Gasteiger partial charge in [0.1, 0.15) is 0 Å². The largest absolute Gasteiger partial charge is 0.342 e. The first kappa shape index (κ1) is 10.6. The van der Waals surface area contributed by atoms with E-state index in [4.69, 9.17) is 0 Å². The number of likely N-dealkylation sites (tertiary alicyclic amines) is 1. The van der Waals surface area contributed by atoms with Gasteiger partial charge in [-0.05, 0) is 24.7 Å². The number of carbonyl (C=O) groups is 1. The Hall–Kier alpha value is -0.530. The first-order valence-corrected chi connectivity index (χ1v) is 5.23. The van der Waals surface area contributed by atoms with Crippen molar-refractivity contribution in [1.82, 2.24) is 4.90 Å². The van der Waals surface area contributed by atoms with Crippen LogP contribution in [0.3, 0.4) is 0 Å². The Kier molecular flexibility index (Phi) is 3.76. The normalized spacial score (nSPS) is 23.7. The van der Waals surface area contributed by atoms with Gasteiger partial charge in [0.05, 0.1) is 6.42 Å². The van der Waals surface area contributed by atoms with Crippen molar-refractivity contribution in [2.75, 3.05) is 13.1 Å². The molecule has 0 aromatic rings. The fourth-order valence-corrected chi connectivity index (χ4v) is 1.78. The van der Waals surface area contributed by atoms with Crippen molar-refractivity contribution in [1.29, 1.82) is 0 Å². The van der Waals surface area contributed by atoms with E-state index in [0.29, 0.717) is 11.8 Å². The zero-order chi connectivity index (χ0) is 9.84. The molecule has 75 valence electrons. The minimum Gasteiger partial charge on any atom is -0.342 e. The molecule has 1 fully saturated rings. The number of hydrogen-bond acceptors (Lipinski definition) is 1. The molecule has 0 spiro atoms. The van der Waals surface area contributed by atoms with Crippen LogP contribution in [0.5, 0.6) is 0 Å². The molecule has 0 bridgehead atoms. The fourth-order valence-electron chi connectivity index (χ4n) is 1.78. The molecule has 1 aliphatic heterocycles. The van der Waals surface area contributed by atoms with E-state index in [0.717, 1.165) is 13.1 Å². The van der Waals surface area contributed by atoms with Gasteiger partial charge in [-0.15, -0.1) is 0 Å². The molecule has 2 heteroatoms. The second kappa shape index (κ2) is 4.64. The van der Waals surface area contributed by atoms with Crippen molar-refractivity contribution in [3.63, 3.8) is 0 Å². The number of hydrogen-bond donors (Lipinski definition) is 0. The minimum atomic E-state index is 0.224. The smallest absolute Gasteiger partial charge is 0.226 e. The van der Waals surface area contributed by atoms with Crippen LogP contribution in [0, 0.1) is 18.3 Å². The molecule has 1 aliphatic rings. The van der Waals surface area contributed by atoms with Crippen molar-refractivity contribution < 1.29 is 4.79 Å². The molecule has 1 saturated heterocycles. The van der Waals surface area contributed by atoms with Gasteiger partial charge in [-0.2, -0.15) is 0 Å². The number of rotatable bonds is 2. The van der Waals surface area contributed by atoms with Gasteiger partial charge in [0.15, 0.2) is 0 Å². The molecule has 0 saturated carbocycles. The highest BCUT2D eigenvalue weighted by Gasteiger charge is 2.21. The summed E-state index contributed by atoms with van der Waals surface area (Å²) in [5.74, 6) is 1.27. The van der Waals surface area contributed by atoms with Crippen LogP contribution in [-0.4, -0.2) is 23.9 Å². The maximum atomic E-state index is 11.6. The second-order valence-corrected chi connectivity index (χ2v) is 4.44. The van der Waals surface area contributed by atoms with Crippen LogP contribution < -0.4 is 0 Å². The van der Waals surface area contributed by atoms with Crippen molar-refractivity contribution in [2.45, 2.75) is 33.6 Å². The van der Waals surface area contributed by atoms with Crippen LogP contribution in [0.15, 0.2) is 0 Å². The molecule has 13 heavy (non-hydrogen) atoms. The summed E-state index contributed by atoms with van der Waals surface area (Å²) in [7, 11) is 0. The summed E-state index contributed by atoms with van der Waals surface area (Å²) in [5.41, 5.74) is 0. The monoisotopic (exact) mass is 182 g/mol. The molecular weight excluding hydrogens is 162 g/mol. The van der Waals surface area contributed by atoms with Crippen molar-refractivity contribution in [3.8, 4) is 0 Å². The van der Waals surface area contributed by atoms with Crippen molar-refractivity contribution >= 4 is 5.91 Å². The molecule has 0 aliphatic carbocycles. The van der Waals surface area contributed by atoms with Crippen molar-refractivity contribution in [2.24, 2.45) is 11.8 Å².